The molecular formula is C11H11N3O2. The van der Waals surface area contributed by atoms with Gasteiger partial charge in [-0.25, -0.2) is 0 Å². The van der Waals surface area contributed by atoms with Crippen LogP contribution in [0.25, 0.3) is 0 Å². The highest BCUT2D eigenvalue weighted by Crippen LogP contribution is 1.97. The van der Waals surface area contributed by atoms with Crippen LogP contribution in [0.15, 0.2) is 41.4 Å². The first-order valence-corrected chi connectivity index (χ1v) is 4.89. The standard InChI is InChI=1S/C11H11N3O2/c15-11(6-10-3-5-16-14-10)13-8-9-2-1-4-12-7-9/h1-5,7H,6,8H2,(H,13,15). The maximum absolute atomic E-state index is 11.5. The fourth-order valence-corrected chi connectivity index (χ4v) is 1.26. The second-order valence-corrected chi connectivity index (χ2v) is 3.31. The lowest BCUT2D eigenvalue weighted by Gasteiger charge is -2.02. The van der Waals surface area contributed by atoms with Gasteiger partial charge in [-0.15, -0.1) is 0 Å². The van der Waals surface area contributed by atoms with E-state index in [0.29, 0.717) is 12.2 Å². The van der Waals surface area contributed by atoms with Crippen molar-refractivity contribution >= 4 is 5.91 Å². The lowest BCUT2D eigenvalue weighted by Crippen LogP contribution is -2.24. The summed E-state index contributed by atoms with van der Waals surface area (Å²) in [6, 6.07) is 5.41. The SMILES string of the molecule is O=C(Cc1ccon1)NCc1cccnc1. The largest absolute Gasteiger partial charge is 0.364 e. The third kappa shape index (κ3) is 2.91. The van der Waals surface area contributed by atoms with E-state index >= 15 is 0 Å². The summed E-state index contributed by atoms with van der Waals surface area (Å²) in [7, 11) is 0. The molecule has 0 aliphatic carbocycles. The molecule has 1 amide bonds. The Bertz CT molecular complexity index is 440. The van der Waals surface area contributed by atoms with Gasteiger partial charge < -0.3 is 9.84 Å². The van der Waals surface area contributed by atoms with E-state index in [0.717, 1.165) is 5.56 Å². The van der Waals surface area contributed by atoms with Crippen molar-refractivity contribution in [2.75, 3.05) is 0 Å². The number of carbonyl (C=O) groups is 1. The van der Waals surface area contributed by atoms with Gasteiger partial charge in [0.05, 0.1) is 12.1 Å². The lowest BCUT2D eigenvalue weighted by molar-refractivity contribution is -0.120. The topological polar surface area (TPSA) is 68.0 Å². The highest BCUT2D eigenvalue weighted by Gasteiger charge is 2.05. The molecule has 0 fully saturated rings. The molecule has 2 heterocycles. The summed E-state index contributed by atoms with van der Waals surface area (Å²) in [5, 5.41) is 6.44. The Morgan fingerprint density at radius 2 is 2.38 bits per heavy atom. The molecule has 0 bridgehead atoms. The first-order chi connectivity index (χ1) is 7.84. The van der Waals surface area contributed by atoms with Gasteiger partial charge in [0.25, 0.3) is 0 Å². The van der Waals surface area contributed by atoms with E-state index in [1.165, 1.54) is 6.26 Å². The number of amides is 1. The normalized spacial score (nSPS) is 10.0. The van der Waals surface area contributed by atoms with E-state index in [4.69, 9.17) is 0 Å². The van der Waals surface area contributed by atoms with Gasteiger partial charge in [-0.3, -0.25) is 9.78 Å². The van der Waals surface area contributed by atoms with Gasteiger partial charge in [0.2, 0.25) is 5.91 Å². The average Bonchev–Trinajstić information content (AvgIpc) is 2.81. The Hall–Kier alpha value is -2.17. The Balaban J connectivity index is 1.80. The molecule has 0 aliphatic rings. The quantitative estimate of drug-likeness (QED) is 0.827. The highest BCUT2D eigenvalue weighted by molar-refractivity contribution is 5.77. The highest BCUT2D eigenvalue weighted by atomic mass is 16.5. The Labute approximate surface area is 92.5 Å². The van der Waals surface area contributed by atoms with Crippen molar-refractivity contribution < 1.29 is 9.32 Å². The molecule has 0 saturated heterocycles. The molecule has 5 nitrogen and oxygen atoms in total. The van der Waals surface area contributed by atoms with Crippen LogP contribution in [0.4, 0.5) is 0 Å². The zero-order valence-corrected chi connectivity index (χ0v) is 8.59. The van der Waals surface area contributed by atoms with E-state index in [2.05, 4.69) is 20.0 Å². The molecular weight excluding hydrogens is 206 g/mol. The van der Waals surface area contributed by atoms with Crippen molar-refractivity contribution in [2.24, 2.45) is 0 Å². The molecule has 0 saturated carbocycles. The van der Waals surface area contributed by atoms with Crippen molar-refractivity contribution in [3.8, 4) is 0 Å². The van der Waals surface area contributed by atoms with E-state index in [-0.39, 0.29) is 12.3 Å². The summed E-state index contributed by atoms with van der Waals surface area (Å²) in [5.74, 6) is -0.0854. The van der Waals surface area contributed by atoms with Gasteiger partial charge >= 0.3 is 0 Å². The summed E-state index contributed by atoms with van der Waals surface area (Å²) in [5.41, 5.74) is 1.60. The zero-order valence-electron chi connectivity index (χ0n) is 8.59. The van der Waals surface area contributed by atoms with Gasteiger partial charge in [0.1, 0.15) is 6.26 Å². The molecule has 0 aliphatic heterocycles. The summed E-state index contributed by atoms with van der Waals surface area (Å²) < 4.78 is 4.64. The maximum atomic E-state index is 11.5. The molecule has 1 N–H and O–H groups in total. The van der Waals surface area contributed by atoms with Gasteiger partial charge in [-0.2, -0.15) is 0 Å². The van der Waals surface area contributed by atoms with E-state index < -0.39 is 0 Å². The lowest BCUT2D eigenvalue weighted by atomic mass is 10.2. The molecule has 16 heavy (non-hydrogen) atoms. The number of hydrogen-bond acceptors (Lipinski definition) is 4. The minimum Gasteiger partial charge on any atom is -0.364 e. The Kier molecular flexibility index (Phi) is 3.28. The van der Waals surface area contributed by atoms with Crippen molar-refractivity contribution in [1.82, 2.24) is 15.5 Å². The molecule has 5 heteroatoms. The molecule has 0 spiro atoms. The number of hydrogen-bond donors (Lipinski definition) is 1. The van der Waals surface area contributed by atoms with Gasteiger partial charge in [0, 0.05) is 25.0 Å². The maximum Gasteiger partial charge on any atom is 0.226 e. The fourth-order valence-electron chi connectivity index (χ4n) is 1.26. The molecule has 0 aromatic carbocycles. The summed E-state index contributed by atoms with van der Waals surface area (Å²) in [6.07, 6.45) is 5.09. The van der Waals surface area contributed by atoms with Crippen molar-refractivity contribution in [3.05, 3.63) is 48.1 Å². The first-order valence-electron chi connectivity index (χ1n) is 4.89. The second-order valence-electron chi connectivity index (χ2n) is 3.31. The van der Waals surface area contributed by atoms with Crippen LogP contribution in [0.5, 0.6) is 0 Å². The molecule has 0 radical (unpaired) electrons. The number of nitrogens with one attached hydrogen (secondary N) is 1. The van der Waals surface area contributed by atoms with Gasteiger partial charge in [-0.1, -0.05) is 11.2 Å². The van der Waals surface area contributed by atoms with Crippen LogP contribution >= 0.6 is 0 Å². The van der Waals surface area contributed by atoms with Crippen LogP contribution < -0.4 is 5.32 Å². The van der Waals surface area contributed by atoms with Crippen molar-refractivity contribution in [1.29, 1.82) is 0 Å². The van der Waals surface area contributed by atoms with Crippen LogP contribution in [0.3, 0.4) is 0 Å². The fraction of sp³-hybridized carbons (Fsp3) is 0.182. The number of nitrogens with zero attached hydrogens (tertiary/aromatic N) is 2. The molecule has 2 rings (SSSR count). The van der Waals surface area contributed by atoms with Crippen LogP contribution in [0.1, 0.15) is 11.3 Å². The average molecular weight is 217 g/mol. The van der Waals surface area contributed by atoms with E-state index in [1.54, 1.807) is 18.5 Å². The molecule has 0 unspecified atom stereocenters. The summed E-state index contributed by atoms with van der Waals surface area (Å²) >= 11 is 0. The number of pyridine rings is 1. The first kappa shape index (κ1) is 10.4. The van der Waals surface area contributed by atoms with Crippen molar-refractivity contribution in [2.45, 2.75) is 13.0 Å². The minimum absolute atomic E-state index is 0.0854. The second kappa shape index (κ2) is 5.06. The van der Waals surface area contributed by atoms with Gasteiger partial charge in [0.15, 0.2) is 0 Å². The minimum atomic E-state index is -0.0854. The third-order valence-corrected chi connectivity index (χ3v) is 2.05. The smallest absolute Gasteiger partial charge is 0.226 e. The number of carbonyl (C=O) groups excluding carboxylic acids is 1. The zero-order chi connectivity index (χ0) is 11.2. The van der Waals surface area contributed by atoms with Crippen LogP contribution in [-0.2, 0) is 17.8 Å². The summed E-state index contributed by atoms with van der Waals surface area (Å²) in [6.45, 7) is 0.477. The van der Waals surface area contributed by atoms with Gasteiger partial charge in [-0.05, 0) is 11.6 Å². The summed E-state index contributed by atoms with van der Waals surface area (Å²) in [4.78, 5) is 15.4. The van der Waals surface area contributed by atoms with Crippen molar-refractivity contribution in [3.63, 3.8) is 0 Å². The monoisotopic (exact) mass is 217 g/mol. The Morgan fingerprint density at radius 1 is 1.44 bits per heavy atom. The molecule has 0 atom stereocenters. The predicted octanol–water partition coefficient (Wildman–Crippen LogP) is 0.929. The van der Waals surface area contributed by atoms with E-state index in [9.17, 15) is 4.79 Å². The number of aromatic nitrogens is 2. The van der Waals surface area contributed by atoms with Crippen LogP contribution in [-0.4, -0.2) is 16.0 Å². The predicted molar refractivity (Wildman–Crippen MR) is 56.3 cm³/mol. The molecule has 2 aromatic heterocycles. The molecule has 82 valence electrons. The van der Waals surface area contributed by atoms with E-state index in [1.807, 2.05) is 12.1 Å². The van der Waals surface area contributed by atoms with Crippen LogP contribution in [0, 0.1) is 0 Å². The molecule has 2 aromatic rings. The van der Waals surface area contributed by atoms with Crippen LogP contribution in [0.2, 0.25) is 0 Å². The Morgan fingerprint density at radius 3 is 3.06 bits per heavy atom. The number of rotatable bonds is 4. The third-order valence-electron chi connectivity index (χ3n) is 2.05.